The molecule has 2 unspecified atom stereocenters. The van der Waals surface area contributed by atoms with E-state index in [4.69, 9.17) is 17.3 Å². The Bertz CT molecular complexity index is 394. The van der Waals surface area contributed by atoms with Gasteiger partial charge in [0, 0.05) is 17.5 Å². The number of hydrogen-bond acceptors (Lipinski definition) is 2. The van der Waals surface area contributed by atoms with Crippen molar-refractivity contribution in [1.82, 2.24) is 0 Å². The van der Waals surface area contributed by atoms with Crippen molar-refractivity contribution < 1.29 is 5.11 Å². The van der Waals surface area contributed by atoms with Gasteiger partial charge in [-0.05, 0) is 43.4 Å². The summed E-state index contributed by atoms with van der Waals surface area (Å²) in [4.78, 5) is 0. The summed E-state index contributed by atoms with van der Waals surface area (Å²) >= 11 is 6.16. The molecule has 0 bridgehead atoms. The van der Waals surface area contributed by atoms with Gasteiger partial charge < -0.3 is 10.8 Å². The van der Waals surface area contributed by atoms with Crippen LogP contribution in [0.1, 0.15) is 30.4 Å². The first-order valence-corrected chi connectivity index (χ1v) is 6.09. The monoisotopic (exact) mass is 239 g/mol. The van der Waals surface area contributed by atoms with Crippen LogP contribution in [0.5, 0.6) is 0 Å². The molecule has 1 fully saturated rings. The third-order valence-corrected chi connectivity index (χ3v) is 3.70. The van der Waals surface area contributed by atoms with Gasteiger partial charge in [0.1, 0.15) is 0 Å². The maximum atomic E-state index is 10.4. The lowest BCUT2D eigenvalue weighted by Crippen LogP contribution is -2.30. The summed E-state index contributed by atoms with van der Waals surface area (Å²) < 4.78 is 0. The maximum absolute atomic E-state index is 10.4. The summed E-state index contributed by atoms with van der Waals surface area (Å²) in [5.74, 6) is 0. The van der Waals surface area contributed by atoms with Crippen molar-refractivity contribution in [2.75, 3.05) is 0 Å². The van der Waals surface area contributed by atoms with Crippen LogP contribution < -0.4 is 5.73 Å². The highest BCUT2D eigenvalue weighted by Crippen LogP contribution is 2.33. The molecule has 16 heavy (non-hydrogen) atoms. The van der Waals surface area contributed by atoms with E-state index in [2.05, 4.69) is 0 Å². The molecule has 2 atom stereocenters. The van der Waals surface area contributed by atoms with Gasteiger partial charge in [-0.25, -0.2) is 0 Å². The molecule has 88 valence electrons. The zero-order valence-corrected chi connectivity index (χ0v) is 10.3. The van der Waals surface area contributed by atoms with E-state index in [0.717, 1.165) is 29.0 Å². The van der Waals surface area contributed by atoms with E-state index >= 15 is 0 Å². The van der Waals surface area contributed by atoms with Gasteiger partial charge in [0.2, 0.25) is 0 Å². The van der Waals surface area contributed by atoms with E-state index in [1.54, 1.807) is 0 Å². The SMILES string of the molecule is Cc1ccc(CC2(O)CCC(N)C2)c(Cl)c1. The average Bonchev–Trinajstić information content (AvgIpc) is 2.52. The predicted octanol–water partition coefficient (Wildman–Crippen LogP) is 2.43. The van der Waals surface area contributed by atoms with E-state index in [1.165, 1.54) is 0 Å². The van der Waals surface area contributed by atoms with Crippen LogP contribution in [-0.2, 0) is 6.42 Å². The van der Waals surface area contributed by atoms with Gasteiger partial charge in [0.05, 0.1) is 5.60 Å². The highest BCUT2D eigenvalue weighted by atomic mass is 35.5. The van der Waals surface area contributed by atoms with Crippen LogP contribution in [0.4, 0.5) is 0 Å². The molecule has 3 N–H and O–H groups in total. The first-order chi connectivity index (χ1) is 7.48. The summed E-state index contributed by atoms with van der Waals surface area (Å²) in [6, 6.07) is 6.10. The van der Waals surface area contributed by atoms with Gasteiger partial charge in [-0.3, -0.25) is 0 Å². The summed E-state index contributed by atoms with van der Waals surface area (Å²) in [5, 5.41) is 11.1. The fourth-order valence-electron chi connectivity index (χ4n) is 2.46. The third-order valence-electron chi connectivity index (χ3n) is 3.35. The Morgan fingerprint density at radius 1 is 1.56 bits per heavy atom. The highest BCUT2D eigenvalue weighted by molar-refractivity contribution is 6.31. The molecule has 0 radical (unpaired) electrons. The fourth-order valence-corrected chi connectivity index (χ4v) is 2.76. The van der Waals surface area contributed by atoms with Crippen LogP contribution in [0.25, 0.3) is 0 Å². The molecule has 1 aliphatic rings. The lowest BCUT2D eigenvalue weighted by Gasteiger charge is -2.23. The topological polar surface area (TPSA) is 46.2 Å². The minimum absolute atomic E-state index is 0.134. The maximum Gasteiger partial charge on any atom is 0.0703 e. The zero-order chi connectivity index (χ0) is 11.8. The van der Waals surface area contributed by atoms with Crippen LogP contribution in [0.2, 0.25) is 5.02 Å². The molecule has 0 heterocycles. The van der Waals surface area contributed by atoms with Crippen LogP contribution >= 0.6 is 11.6 Å². The van der Waals surface area contributed by atoms with Crippen LogP contribution in [-0.4, -0.2) is 16.7 Å². The van der Waals surface area contributed by atoms with E-state index < -0.39 is 5.60 Å². The molecule has 1 aliphatic carbocycles. The molecule has 2 rings (SSSR count). The van der Waals surface area contributed by atoms with E-state index in [9.17, 15) is 5.11 Å². The number of hydrogen-bond donors (Lipinski definition) is 2. The summed E-state index contributed by atoms with van der Waals surface area (Å²) in [6.45, 7) is 2.01. The summed E-state index contributed by atoms with van der Waals surface area (Å²) in [6.07, 6.45) is 2.97. The van der Waals surface area contributed by atoms with Gasteiger partial charge in [-0.15, -0.1) is 0 Å². The zero-order valence-electron chi connectivity index (χ0n) is 9.54. The second kappa shape index (κ2) is 4.36. The number of nitrogens with two attached hydrogens (primary N) is 1. The standard InChI is InChI=1S/C13H18ClNO/c1-9-2-3-10(12(14)6-9)7-13(16)5-4-11(15)8-13/h2-3,6,11,16H,4-5,7-8,15H2,1H3. The molecule has 1 aromatic carbocycles. The van der Waals surface area contributed by atoms with Crippen molar-refractivity contribution in [3.8, 4) is 0 Å². The van der Waals surface area contributed by atoms with Crippen molar-refractivity contribution in [2.24, 2.45) is 5.73 Å². The second-order valence-electron chi connectivity index (χ2n) is 5.00. The quantitative estimate of drug-likeness (QED) is 0.833. The third kappa shape index (κ3) is 2.57. The lowest BCUT2D eigenvalue weighted by molar-refractivity contribution is 0.0469. The molecule has 0 amide bonds. The number of rotatable bonds is 2. The lowest BCUT2D eigenvalue weighted by atomic mass is 9.92. The van der Waals surface area contributed by atoms with Crippen LogP contribution in [0.15, 0.2) is 18.2 Å². The van der Waals surface area contributed by atoms with E-state index in [1.807, 2.05) is 25.1 Å². The van der Waals surface area contributed by atoms with Crippen molar-refractivity contribution in [2.45, 2.75) is 44.2 Å². The van der Waals surface area contributed by atoms with Gasteiger partial charge in [0.15, 0.2) is 0 Å². The Labute approximate surface area is 101 Å². The van der Waals surface area contributed by atoms with Gasteiger partial charge in [0.25, 0.3) is 0 Å². The number of aliphatic hydroxyl groups is 1. The molecule has 2 nitrogen and oxygen atoms in total. The smallest absolute Gasteiger partial charge is 0.0703 e. The minimum atomic E-state index is -0.654. The Hall–Kier alpha value is -0.570. The first kappa shape index (κ1) is 11.9. The van der Waals surface area contributed by atoms with Gasteiger partial charge in [-0.2, -0.15) is 0 Å². The van der Waals surface area contributed by atoms with Gasteiger partial charge >= 0.3 is 0 Å². The second-order valence-corrected chi connectivity index (χ2v) is 5.41. The van der Waals surface area contributed by atoms with Crippen molar-refractivity contribution in [1.29, 1.82) is 0 Å². The molecule has 1 aromatic rings. The first-order valence-electron chi connectivity index (χ1n) is 5.71. The Balaban J connectivity index is 2.14. The largest absolute Gasteiger partial charge is 0.389 e. The fraction of sp³-hybridized carbons (Fsp3) is 0.538. The average molecular weight is 240 g/mol. The van der Waals surface area contributed by atoms with Crippen molar-refractivity contribution in [3.63, 3.8) is 0 Å². The molecule has 0 aromatic heterocycles. The van der Waals surface area contributed by atoms with Crippen molar-refractivity contribution in [3.05, 3.63) is 34.3 Å². The molecule has 3 heteroatoms. The Kier molecular flexibility index (Phi) is 3.24. The highest BCUT2D eigenvalue weighted by Gasteiger charge is 2.36. The normalized spacial score (nSPS) is 29.6. The Morgan fingerprint density at radius 3 is 2.88 bits per heavy atom. The molecular weight excluding hydrogens is 222 g/mol. The number of aryl methyl sites for hydroxylation is 1. The van der Waals surface area contributed by atoms with Gasteiger partial charge in [-0.1, -0.05) is 23.7 Å². The molecular formula is C13H18ClNO. The predicted molar refractivity (Wildman–Crippen MR) is 66.7 cm³/mol. The Morgan fingerprint density at radius 2 is 2.31 bits per heavy atom. The van der Waals surface area contributed by atoms with Crippen LogP contribution in [0, 0.1) is 6.92 Å². The van der Waals surface area contributed by atoms with E-state index in [-0.39, 0.29) is 6.04 Å². The number of benzene rings is 1. The molecule has 0 spiro atoms. The van der Waals surface area contributed by atoms with Crippen molar-refractivity contribution >= 4 is 11.6 Å². The number of halogens is 1. The summed E-state index contributed by atoms with van der Waals surface area (Å²) in [5.41, 5.74) is 7.34. The summed E-state index contributed by atoms with van der Waals surface area (Å²) in [7, 11) is 0. The molecule has 0 aliphatic heterocycles. The molecule has 0 saturated heterocycles. The molecule has 1 saturated carbocycles. The minimum Gasteiger partial charge on any atom is -0.389 e. The van der Waals surface area contributed by atoms with Crippen LogP contribution in [0.3, 0.4) is 0 Å². The van der Waals surface area contributed by atoms with E-state index in [0.29, 0.717) is 12.8 Å².